The van der Waals surface area contributed by atoms with E-state index in [1.807, 2.05) is 0 Å². The Morgan fingerprint density at radius 2 is 1.86 bits per heavy atom. The van der Waals surface area contributed by atoms with E-state index in [2.05, 4.69) is 0 Å². The molecule has 3 rings (SSSR count). The number of rotatable bonds is 2. The van der Waals surface area contributed by atoms with E-state index in [1.165, 1.54) is 10.4 Å². The van der Waals surface area contributed by atoms with Gasteiger partial charge in [0.25, 0.3) is 0 Å². The van der Waals surface area contributed by atoms with Gasteiger partial charge in [-0.2, -0.15) is 4.31 Å². The Balaban J connectivity index is 1.93. The van der Waals surface area contributed by atoms with Crippen molar-refractivity contribution in [1.82, 2.24) is 4.31 Å². The van der Waals surface area contributed by atoms with Gasteiger partial charge in [0.2, 0.25) is 10.0 Å². The highest BCUT2D eigenvalue weighted by atomic mass is 32.2. The van der Waals surface area contributed by atoms with E-state index >= 15 is 0 Å². The third-order valence-electron chi connectivity index (χ3n) is 3.87. The van der Waals surface area contributed by atoms with Gasteiger partial charge in [-0.3, -0.25) is 0 Å². The van der Waals surface area contributed by atoms with Gasteiger partial charge in [-0.05, 0) is 25.0 Å². The molecule has 0 saturated carbocycles. The maximum absolute atomic E-state index is 12.8. The number of sulfonamides is 1. The minimum atomic E-state index is -3.60. The van der Waals surface area contributed by atoms with Crippen molar-refractivity contribution in [2.24, 2.45) is 5.73 Å². The summed E-state index contributed by atoms with van der Waals surface area (Å²) in [5.41, 5.74) is 6.03. The zero-order valence-corrected chi connectivity index (χ0v) is 12.6. The molecule has 2 aliphatic heterocycles. The monoisotopic (exact) mass is 312 g/mol. The van der Waals surface area contributed by atoms with Gasteiger partial charge >= 0.3 is 0 Å². The van der Waals surface area contributed by atoms with Crippen molar-refractivity contribution in [3.63, 3.8) is 0 Å². The van der Waals surface area contributed by atoms with Crippen molar-refractivity contribution < 1.29 is 17.9 Å². The van der Waals surface area contributed by atoms with E-state index < -0.39 is 16.2 Å². The molecule has 1 aromatic carbocycles. The molecule has 0 aliphatic carbocycles. The molecule has 1 fully saturated rings. The molecule has 2 N–H and O–H groups in total. The van der Waals surface area contributed by atoms with Crippen LogP contribution < -0.4 is 15.2 Å². The molecule has 1 saturated heterocycles. The number of fused-ring (bicyclic) bond motifs is 1. The Kier molecular flexibility index (Phi) is 4.05. The lowest BCUT2D eigenvalue weighted by Crippen LogP contribution is -2.45. The molecule has 116 valence electrons. The molecule has 21 heavy (non-hydrogen) atoms. The molecule has 0 spiro atoms. The number of ether oxygens (including phenoxy) is 2. The van der Waals surface area contributed by atoms with E-state index in [9.17, 15) is 8.42 Å². The van der Waals surface area contributed by atoms with Crippen molar-refractivity contribution in [3.8, 4) is 11.5 Å². The lowest BCUT2D eigenvalue weighted by Gasteiger charge is -2.26. The summed E-state index contributed by atoms with van der Waals surface area (Å²) in [4.78, 5) is 0.212. The van der Waals surface area contributed by atoms with Crippen molar-refractivity contribution >= 4 is 10.0 Å². The van der Waals surface area contributed by atoms with Gasteiger partial charge in [0, 0.05) is 12.6 Å². The lowest BCUT2D eigenvalue weighted by molar-refractivity contribution is 0.171. The first-order valence-electron chi connectivity index (χ1n) is 7.26. The first kappa shape index (κ1) is 14.6. The van der Waals surface area contributed by atoms with Gasteiger partial charge < -0.3 is 15.2 Å². The van der Waals surface area contributed by atoms with Crippen LogP contribution in [-0.2, 0) is 10.0 Å². The number of hydrogen-bond donors (Lipinski definition) is 1. The maximum atomic E-state index is 12.8. The number of hydrogen-bond acceptors (Lipinski definition) is 5. The molecular formula is C14H20N2O4S. The Labute approximate surface area is 124 Å². The van der Waals surface area contributed by atoms with Crippen LogP contribution in [0, 0.1) is 0 Å². The summed E-state index contributed by atoms with van der Waals surface area (Å²) in [6.07, 6.45) is 3.07. The predicted molar refractivity (Wildman–Crippen MR) is 77.8 cm³/mol. The molecule has 2 heterocycles. The van der Waals surface area contributed by atoms with Crippen LogP contribution in [0.2, 0.25) is 0 Å². The first-order chi connectivity index (χ1) is 10.1. The highest BCUT2D eigenvalue weighted by molar-refractivity contribution is 7.89. The van der Waals surface area contributed by atoms with Gasteiger partial charge in [0.15, 0.2) is 11.5 Å². The van der Waals surface area contributed by atoms with Crippen LogP contribution in [0.1, 0.15) is 25.7 Å². The van der Waals surface area contributed by atoms with E-state index in [4.69, 9.17) is 15.2 Å². The maximum Gasteiger partial charge on any atom is 0.244 e. The molecule has 7 heteroatoms. The Morgan fingerprint density at radius 3 is 2.67 bits per heavy atom. The average Bonchev–Trinajstić information content (AvgIpc) is 2.71. The molecule has 0 aromatic heterocycles. The van der Waals surface area contributed by atoms with Crippen molar-refractivity contribution in [2.75, 3.05) is 19.8 Å². The van der Waals surface area contributed by atoms with Crippen molar-refractivity contribution in [3.05, 3.63) is 18.2 Å². The second-order valence-electron chi connectivity index (χ2n) is 5.34. The van der Waals surface area contributed by atoms with Crippen LogP contribution in [0.25, 0.3) is 0 Å². The summed E-state index contributed by atoms with van der Waals surface area (Å²) in [7, 11) is -3.60. The SMILES string of the molecule is NC1CCCCCN1S(=O)(=O)c1ccc2c(c1)OCCO2. The number of nitrogens with zero attached hydrogens (tertiary/aromatic N) is 1. The van der Waals surface area contributed by atoms with Gasteiger partial charge in [0.05, 0.1) is 11.1 Å². The van der Waals surface area contributed by atoms with Crippen LogP contribution in [-0.4, -0.2) is 38.6 Å². The van der Waals surface area contributed by atoms with Crippen LogP contribution in [0.15, 0.2) is 23.1 Å². The van der Waals surface area contributed by atoms with Crippen LogP contribution in [0.3, 0.4) is 0 Å². The van der Waals surface area contributed by atoms with Crippen LogP contribution in [0.5, 0.6) is 11.5 Å². The largest absolute Gasteiger partial charge is 0.486 e. The summed E-state index contributed by atoms with van der Waals surface area (Å²) >= 11 is 0. The Hall–Kier alpha value is -1.31. The summed E-state index contributed by atoms with van der Waals surface area (Å²) in [5.74, 6) is 1.06. The number of benzene rings is 1. The summed E-state index contributed by atoms with van der Waals surface area (Å²) < 4.78 is 37.9. The standard InChI is InChI=1S/C14H20N2O4S/c15-14-4-2-1-3-7-16(14)21(17,18)11-5-6-12-13(10-11)20-9-8-19-12/h5-6,10,14H,1-4,7-9,15H2. The second kappa shape index (κ2) is 5.82. The molecular weight excluding hydrogens is 292 g/mol. The highest BCUT2D eigenvalue weighted by Crippen LogP contribution is 2.33. The Morgan fingerprint density at radius 1 is 1.10 bits per heavy atom. The zero-order valence-electron chi connectivity index (χ0n) is 11.8. The summed E-state index contributed by atoms with van der Waals surface area (Å²) in [5, 5.41) is 0. The van der Waals surface area contributed by atoms with E-state index in [0.29, 0.717) is 37.7 Å². The third kappa shape index (κ3) is 2.86. The van der Waals surface area contributed by atoms with Crippen molar-refractivity contribution in [1.29, 1.82) is 0 Å². The minimum absolute atomic E-state index is 0.212. The molecule has 0 bridgehead atoms. The van der Waals surface area contributed by atoms with Gasteiger partial charge in [0.1, 0.15) is 13.2 Å². The fourth-order valence-corrected chi connectivity index (χ4v) is 4.32. The number of nitrogens with two attached hydrogens (primary N) is 1. The third-order valence-corrected chi connectivity index (χ3v) is 5.79. The highest BCUT2D eigenvalue weighted by Gasteiger charge is 2.31. The fourth-order valence-electron chi connectivity index (χ4n) is 2.73. The predicted octanol–water partition coefficient (Wildman–Crippen LogP) is 1.31. The molecule has 6 nitrogen and oxygen atoms in total. The topological polar surface area (TPSA) is 81.9 Å². The molecule has 2 aliphatic rings. The summed E-state index contributed by atoms with van der Waals surface area (Å²) in [6.45, 7) is 1.38. The van der Waals surface area contributed by atoms with Crippen LogP contribution >= 0.6 is 0 Å². The summed E-state index contributed by atoms with van der Waals surface area (Å²) in [6, 6.07) is 4.73. The smallest absolute Gasteiger partial charge is 0.244 e. The second-order valence-corrected chi connectivity index (χ2v) is 7.23. The zero-order chi connectivity index (χ0) is 14.9. The molecule has 0 amide bonds. The fraction of sp³-hybridized carbons (Fsp3) is 0.571. The van der Waals surface area contributed by atoms with E-state index in [1.54, 1.807) is 12.1 Å². The van der Waals surface area contributed by atoms with Gasteiger partial charge in [-0.1, -0.05) is 12.8 Å². The van der Waals surface area contributed by atoms with E-state index in [-0.39, 0.29) is 4.90 Å². The lowest BCUT2D eigenvalue weighted by atomic mass is 10.2. The molecule has 1 unspecified atom stereocenters. The average molecular weight is 312 g/mol. The van der Waals surface area contributed by atoms with E-state index in [0.717, 1.165) is 19.3 Å². The molecule has 1 aromatic rings. The van der Waals surface area contributed by atoms with Gasteiger partial charge in [-0.15, -0.1) is 0 Å². The minimum Gasteiger partial charge on any atom is -0.486 e. The normalized spacial score (nSPS) is 23.6. The van der Waals surface area contributed by atoms with Gasteiger partial charge in [-0.25, -0.2) is 8.42 Å². The first-order valence-corrected chi connectivity index (χ1v) is 8.70. The molecule has 0 radical (unpaired) electrons. The van der Waals surface area contributed by atoms with Crippen molar-refractivity contribution in [2.45, 2.75) is 36.7 Å². The van der Waals surface area contributed by atoms with Crippen LogP contribution in [0.4, 0.5) is 0 Å². The molecule has 1 atom stereocenters. The quantitative estimate of drug-likeness (QED) is 0.890. The Bertz CT molecular complexity index is 617.